The van der Waals surface area contributed by atoms with Crippen molar-refractivity contribution in [3.8, 4) is 0 Å². The quantitative estimate of drug-likeness (QED) is 0.837. The minimum absolute atomic E-state index is 0.199. The second-order valence-corrected chi connectivity index (χ2v) is 7.29. The molecule has 2 aromatic rings. The average molecular weight is 372 g/mol. The van der Waals surface area contributed by atoms with Crippen molar-refractivity contribution < 1.29 is 14.3 Å². The monoisotopic (exact) mass is 372 g/mol. The summed E-state index contributed by atoms with van der Waals surface area (Å²) in [5.41, 5.74) is 2.08. The van der Waals surface area contributed by atoms with E-state index in [0.717, 1.165) is 75.6 Å². The highest BCUT2D eigenvalue weighted by Crippen LogP contribution is 2.14. The molecule has 146 valence electrons. The first-order valence-electron chi connectivity index (χ1n) is 9.91. The maximum Gasteiger partial charge on any atom is 0.224 e. The van der Waals surface area contributed by atoms with Gasteiger partial charge in [-0.25, -0.2) is 4.98 Å². The van der Waals surface area contributed by atoms with Crippen LogP contribution in [0, 0.1) is 0 Å². The number of H-pyrrole nitrogens is 1. The summed E-state index contributed by atoms with van der Waals surface area (Å²) in [7, 11) is 0. The molecule has 1 aromatic heterocycles. The molecule has 0 aliphatic carbocycles. The van der Waals surface area contributed by atoms with Crippen LogP contribution in [0.3, 0.4) is 0 Å². The number of imidazole rings is 1. The Kier molecular flexibility index (Phi) is 6.01. The molecule has 0 spiro atoms. The number of nitrogens with zero attached hydrogens (tertiary/aromatic N) is 3. The molecular weight excluding hydrogens is 344 g/mol. The Morgan fingerprint density at radius 3 is 2.74 bits per heavy atom. The fourth-order valence-electron chi connectivity index (χ4n) is 3.76. The molecule has 1 N–H and O–H groups in total. The van der Waals surface area contributed by atoms with Crippen molar-refractivity contribution in [2.45, 2.75) is 31.9 Å². The molecule has 27 heavy (non-hydrogen) atoms. The lowest BCUT2D eigenvalue weighted by molar-refractivity contribution is -0.135. The second kappa shape index (κ2) is 8.82. The van der Waals surface area contributed by atoms with E-state index in [1.165, 1.54) is 0 Å². The molecule has 1 aromatic carbocycles. The Morgan fingerprint density at radius 2 is 1.96 bits per heavy atom. The summed E-state index contributed by atoms with van der Waals surface area (Å²) < 4.78 is 11.1. The van der Waals surface area contributed by atoms with Crippen LogP contribution < -0.4 is 0 Å². The summed E-state index contributed by atoms with van der Waals surface area (Å²) >= 11 is 0. The summed E-state index contributed by atoms with van der Waals surface area (Å²) in [6.07, 6.45) is 2.61. The zero-order valence-electron chi connectivity index (χ0n) is 15.7. The van der Waals surface area contributed by atoms with Gasteiger partial charge in [0.05, 0.1) is 36.7 Å². The first kappa shape index (κ1) is 18.4. The van der Waals surface area contributed by atoms with E-state index in [2.05, 4.69) is 14.9 Å². The first-order chi connectivity index (χ1) is 13.3. The van der Waals surface area contributed by atoms with Crippen molar-refractivity contribution >= 4 is 16.9 Å². The van der Waals surface area contributed by atoms with Crippen LogP contribution in [0.1, 0.15) is 25.1 Å². The molecule has 2 fully saturated rings. The van der Waals surface area contributed by atoms with Gasteiger partial charge in [0.15, 0.2) is 0 Å². The van der Waals surface area contributed by atoms with Gasteiger partial charge in [-0.1, -0.05) is 12.1 Å². The van der Waals surface area contributed by atoms with Gasteiger partial charge < -0.3 is 19.4 Å². The van der Waals surface area contributed by atoms with Crippen molar-refractivity contribution in [2.75, 3.05) is 46.0 Å². The number of fused-ring (bicyclic) bond motifs is 1. The van der Waals surface area contributed by atoms with E-state index in [1.54, 1.807) is 0 Å². The normalized spacial score (nSPS) is 19.6. The molecule has 0 bridgehead atoms. The number of hydrogen-bond acceptors (Lipinski definition) is 5. The summed E-state index contributed by atoms with van der Waals surface area (Å²) in [5.74, 6) is 1.19. The number of piperazine rings is 1. The van der Waals surface area contributed by atoms with Crippen LogP contribution in [-0.4, -0.2) is 77.8 Å². The van der Waals surface area contributed by atoms with Gasteiger partial charge >= 0.3 is 0 Å². The molecule has 2 saturated heterocycles. The topological polar surface area (TPSA) is 70.7 Å². The first-order valence-corrected chi connectivity index (χ1v) is 9.91. The van der Waals surface area contributed by atoms with Crippen LogP contribution in [0.4, 0.5) is 0 Å². The minimum Gasteiger partial charge on any atom is -0.381 e. The summed E-state index contributed by atoms with van der Waals surface area (Å²) in [5, 5.41) is 0. The number of carbonyl (C=O) groups excluding carboxylic acids is 1. The molecule has 1 amide bonds. The number of rotatable bonds is 6. The van der Waals surface area contributed by atoms with E-state index in [0.29, 0.717) is 13.0 Å². The standard InChI is InChI=1S/C20H28N4O3/c25-20(7-14-27-16-5-12-26-13-6-16)24-10-8-23(9-11-24)15-19-21-17-3-1-2-4-18(17)22-19/h1-4,16H,5-15H2,(H,21,22). The van der Waals surface area contributed by atoms with Crippen molar-refractivity contribution in [3.63, 3.8) is 0 Å². The number of hydrogen-bond donors (Lipinski definition) is 1. The molecule has 3 heterocycles. The van der Waals surface area contributed by atoms with Gasteiger partial charge in [0, 0.05) is 39.4 Å². The molecule has 0 saturated carbocycles. The van der Waals surface area contributed by atoms with Gasteiger partial charge in [-0.05, 0) is 25.0 Å². The van der Waals surface area contributed by atoms with Crippen LogP contribution in [0.5, 0.6) is 0 Å². The number of aromatic nitrogens is 2. The third kappa shape index (κ3) is 4.86. The average Bonchev–Trinajstić information content (AvgIpc) is 3.11. The number of aromatic amines is 1. The van der Waals surface area contributed by atoms with Crippen molar-refractivity contribution in [3.05, 3.63) is 30.1 Å². The van der Waals surface area contributed by atoms with Gasteiger partial charge in [-0.15, -0.1) is 0 Å². The number of ether oxygens (including phenoxy) is 2. The second-order valence-electron chi connectivity index (χ2n) is 7.29. The largest absolute Gasteiger partial charge is 0.381 e. The van der Waals surface area contributed by atoms with E-state index in [1.807, 2.05) is 29.2 Å². The Hall–Kier alpha value is -1.96. The van der Waals surface area contributed by atoms with Crippen molar-refractivity contribution in [2.24, 2.45) is 0 Å². The van der Waals surface area contributed by atoms with Crippen molar-refractivity contribution in [1.29, 1.82) is 0 Å². The van der Waals surface area contributed by atoms with E-state index in [4.69, 9.17) is 9.47 Å². The maximum atomic E-state index is 12.4. The smallest absolute Gasteiger partial charge is 0.224 e. The Morgan fingerprint density at radius 1 is 1.19 bits per heavy atom. The zero-order valence-corrected chi connectivity index (χ0v) is 15.7. The molecule has 4 rings (SSSR count). The van der Waals surface area contributed by atoms with Gasteiger partial charge in [-0.2, -0.15) is 0 Å². The Balaban J connectivity index is 1.18. The van der Waals surface area contributed by atoms with E-state index >= 15 is 0 Å². The van der Waals surface area contributed by atoms with Crippen LogP contribution >= 0.6 is 0 Å². The highest BCUT2D eigenvalue weighted by atomic mass is 16.5. The number of nitrogens with one attached hydrogen (secondary N) is 1. The fraction of sp³-hybridized carbons (Fsp3) is 0.600. The van der Waals surface area contributed by atoms with Crippen molar-refractivity contribution in [1.82, 2.24) is 19.8 Å². The van der Waals surface area contributed by atoms with Crippen LogP contribution in [0.15, 0.2) is 24.3 Å². The SMILES string of the molecule is O=C(CCOC1CCOCC1)N1CCN(Cc2nc3ccccc3[nH]2)CC1. The minimum atomic E-state index is 0.199. The number of para-hydroxylation sites is 2. The highest BCUT2D eigenvalue weighted by molar-refractivity contribution is 5.76. The lowest BCUT2D eigenvalue weighted by Crippen LogP contribution is -2.48. The summed E-state index contributed by atoms with van der Waals surface area (Å²) in [6.45, 7) is 6.16. The predicted octanol–water partition coefficient (Wildman–Crippen LogP) is 1.79. The van der Waals surface area contributed by atoms with Gasteiger partial charge in [0.25, 0.3) is 0 Å². The van der Waals surface area contributed by atoms with E-state index in [-0.39, 0.29) is 12.0 Å². The number of carbonyl (C=O) groups is 1. The fourth-order valence-corrected chi connectivity index (χ4v) is 3.76. The molecule has 7 nitrogen and oxygen atoms in total. The van der Waals surface area contributed by atoms with Crippen LogP contribution in [0.25, 0.3) is 11.0 Å². The summed E-state index contributed by atoms with van der Waals surface area (Å²) in [4.78, 5) is 24.7. The zero-order chi connectivity index (χ0) is 18.5. The molecule has 0 atom stereocenters. The lowest BCUT2D eigenvalue weighted by Gasteiger charge is -2.34. The third-order valence-corrected chi connectivity index (χ3v) is 5.37. The molecular formula is C20H28N4O3. The molecule has 0 radical (unpaired) electrons. The molecule has 2 aliphatic heterocycles. The highest BCUT2D eigenvalue weighted by Gasteiger charge is 2.22. The van der Waals surface area contributed by atoms with E-state index in [9.17, 15) is 4.79 Å². The van der Waals surface area contributed by atoms with E-state index < -0.39 is 0 Å². The number of benzene rings is 1. The van der Waals surface area contributed by atoms with Crippen LogP contribution in [-0.2, 0) is 20.8 Å². The predicted molar refractivity (Wildman–Crippen MR) is 102 cm³/mol. The van der Waals surface area contributed by atoms with Gasteiger partial charge in [-0.3, -0.25) is 9.69 Å². The van der Waals surface area contributed by atoms with Gasteiger partial charge in [0.1, 0.15) is 5.82 Å². The Labute approximate surface area is 159 Å². The molecule has 7 heteroatoms. The third-order valence-electron chi connectivity index (χ3n) is 5.37. The lowest BCUT2D eigenvalue weighted by atomic mass is 10.1. The maximum absolute atomic E-state index is 12.4. The molecule has 0 unspecified atom stereocenters. The molecule has 2 aliphatic rings. The number of amides is 1. The Bertz CT molecular complexity index is 716. The summed E-state index contributed by atoms with van der Waals surface area (Å²) in [6, 6.07) is 8.09. The van der Waals surface area contributed by atoms with Crippen LogP contribution in [0.2, 0.25) is 0 Å². The van der Waals surface area contributed by atoms with Gasteiger partial charge in [0.2, 0.25) is 5.91 Å².